The van der Waals surface area contributed by atoms with Crippen LogP contribution in [-0.4, -0.2) is 34.5 Å². The number of piperidine rings is 1. The van der Waals surface area contributed by atoms with Crippen molar-refractivity contribution in [1.29, 1.82) is 0 Å². The van der Waals surface area contributed by atoms with E-state index >= 15 is 0 Å². The molecule has 3 N–H and O–H groups in total. The number of amides is 1. The van der Waals surface area contributed by atoms with Gasteiger partial charge in [0.2, 0.25) is 0 Å². The summed E-state index contributed by atoms with van der Waals surface area (Å²) in [5, 5.41) is 9.19. The van der Waals surface area contributed by atoms with E-state index in [0.29, 0.717) is 24.2 Å². The van der Waals surface area contributed by atoms with Crippen LogP contribution in [-0.2, 0) is 4.79 Å². The van der Waals surface area contributed by atoms with E-state index in [1.54, 1.807) is 18.2 Å². The number of nitrogens with zero attached hydrogens (tertiary/aromatic N) is 1. The van der Waals surface area contributed by atoms with Gasteiger partial charge in [0.05, 0.1) is 0 Å². The number of anilines is 1. The standard InChI is InChI=1S/C14H18N2O3/c1-9-8-10(5-6-11(9)15)13(17)16-7-3-2-4-12(16)14(18)19/h5-6,8,12H,2-4,7,15H2,1H3,(H,18,19)/t12-/m0/s1. The van der Waals surface area contributed by atoms with E-state index in [1.807, 2.05) is 6.92 Å². The van der Waals surface area contributed by atoms with Crippen LogP contribution in [0.3, 0.4) is 0 Å². The molecular weight excluding hydrogens is 244 g/mol. The van der Waals surface area contributed by atoms with Crippen LogP contribution in [0.5, 0.6) is 0 Å². The van der Waals surface area contributed by atoms with Crippen LogP contribution in [0.1, 0.15) is 35.2 Å². The highest BCUT2D eigenvalue weighted by atomic mass is 16.4. The minimum Gasteiger partial charge on any atom is -0.480 e. The van der Waals surface area contributed by atoms with Gasteiger partial charge >= 0.3 is 5.97 Å². The highest BCUT2D eigenvalue weighted by molar-refractivity contribution is 5.97. The van der Waals surface area contributed by atoms with Gasteiger partial charge in [-0.25, -0.2) is 4.79 Å². The van der Waals surface area contributed by atoms with Crippen LogP contribution in [0.4, 0.5) is 5.69 Å². The van der Waals surface area contributed by atoms with Gasteiger partial charge in [-0.1, -0.05) is 0 Å². The molecule has 1 aromatic carbocycles. The average Bonchev–Trinajstić information content (AvgIpc) is 2.41. The van der Waals surface area contributed by atoms with Gasteiger partial charge in [-0.15, -0.1) is 0 Å². The average molecular weight is 262 g/mol. The lowest BCUT2D eigenvalue weighted by Crippen LogP contribution is -2.48. The summed E-state index contributed by atoms with van der Waals surface area (Å²) in [7, 11) is 0. The quantitative estimate of drug-likeness (QED) is 0.794. The summed E-state index contributed by atoms with van der Waals surface area (Å²) in [6.07, 6.45) is 2.22. The number of carbonyl (C=O) groups is 2. The van der Waals surface area contributed by atoms with E-state index in [4.69, 9.17) is 5.73 Å². The second-order valence-corrected chi connectivity index (χ2v) is 4.92. The molecule has 1 aromatic rings. The van der Waals surface area contributed by atoms with Crippen LogP contribution in [0.2, 0.25) is 0 Å². The Kier molecular flexibility index (Phi) is 3.74. The van der Waals surface area contributed by atoms with Crippen molar-refractivity contribution in [3.05, 3.63) is 29.3 Å². The Labute approximate surface area is 112 Å². The molecule has 0 aromatic heterocycles. The summed E-state index contributed by atoms with van der Waals surface area (Å²) < 4.78 is 0. The van der Waals surface area contributed by atoms with Crippen LogP contribution in [0.15, 0.2) is 18.2 Å². The summed E-state index contributed by atoms with van der Waals surface area (Å²) in [6.45, 7) is 2.33. The highest BCUT2D eigenvalue weighted by Gasteiger charge is 2.32. The normalized spacial score (nSPS) is 19.2. The molecule has 2 rings (SSSR count). The third-order valence-corrected chi connectivity index (χ3v) is 3.57. The Hall–Kier alpha value is -2.04. The first-order valence-electron chi connectivity index (χ1n) is 6.40. The van der Waals surface area contributed by atoms with E-state index in [9.17, 15) is 14.7 Å². The minimum absolute atomic E-state index is 0.227. The molecule has 1 amide bonds. The fourth-order valence-corrected chi connectivity index (χ4v) is 2.41. The van der Waals surface area contributed by atoms with Crippen molar-refractivity contribution in [2.45, 2.75) is 32.2 Å². The first-order chi connectivity index (χ1) is 9.00. The molecular formula is C14H18N2O3. The first kappa shape index (κ1) is 13.4. The summed E-state index contributed by atoms with van der Waals surface area (Å²) in [6, 6.07) is 4.34. The summed E-state index contributed by atoms with van der Waals surface area (Å²) in [5.74, 6) is -1.16. The molecule has 0 saturated carbocycles. The van der Waals surface area contributed by atoms with Crippen LogP contribution >= 0.6 is 0 Å². The predicted octanol–water partition coefficient (Wildman–Crippen LogP) is 1.66. The number of likely N-dealkylation sites (tertiary alicyclic amines) is 1. The minimum atomic E-state index is -0.930. The van der Waals surface area contributed by atoms with Crippen molar-refractivity contribution in [1.82, 2.24) is 4.90 Å². The van der Waals surface area contributed by atoms with Gasteiger partial charge in [0.1, 0.15) is 6.04 Å². The summed E-state index contributed by atoms with van der Waals surface area (Å²) in [5.41, 5.74) is 7.68. The molecule has 5 heteroatoms. The lowest BCUT2D eigenvalue weighted by atomic mass is 10.00. The maximum atomic E-state index is 12.4. The first-order valence-corrected chi connectivity index (χ1v) is 6.40. The molecule has 0 unspecified atom stereocenters. The molecule has 5 nitrogen and oxygen atoms in total. The van der Waals surface area contributed by atoms with Crippen molar-refractivity contribution in [2.75, 3.05) is 12.3 Å². The highest BCUT2D eigenvalue weighted by Crippen LogP contribution is 2.21. The third-order valence-electron chi connectivity index (χ3n) is 3.57. The largest absolute Gasteiger partial charge is 0.480 e. The number of rotatable bonds is 2. The number of nitrogens with two attached hydrogens (primary N) is 1. The molecule has 0 spiro atoms. The molecule has 0 radical (unpaired) electrons. The van der Waals surface area contributed by atoms with E-state index < -0.39 is 12.0 Å². The lowest BCUT2D eigenvalue weighted by molar-refractivity contribution is -0.143. The van der Waals surface area contributed by atoms with E-state index in [2.05, 4.69) is 0 Å². The molecule has 1 atom stereocenters. The van der Waals surface area contributed by atoms with Gasteiger partial charge < -0.3 is 15.7 Å². The van der Waals surface area contributed by atoms with Crippen LogP contribution in [0, 0.1) is 6.92 Å². The van der Waals surface area contributed by atoms with Crippen LogP contribution < -0.4 is 5.73 Å². The Balaban J connectivity index is 2.26. The summed E-state index contributed by atoms with van der Waals surface area (Å²) in [4.78, 5) is 25.1. The van der Waals surface area contributed by atoms with Crippen molar-refractivity contribution >= 4 is 17.6 Å². The SMILES string of the molecule is Cc1cc(C(=O)N2CCCC[C@H]2C(=O)O)ccc1N. The van der Waals surface area contributed by atoms with Crippen molar-refractivity contribution in [3.8, 4) is 0 Å². The smallest absolute Gasteiger partial charge is 0.326 e. The molecule has 0 aliphatic carbocycles. The van der Waals surface area contributed by atoms with Crippen molar-refractivity contribution in [3.63, 3.8) is 0 Å². The zero-order valence-electron chi connectivity index (χ0n) is 10.9. The molecule has 1 saturated heterocycles. The van der Waals surface area contributed by atoms with E-state index in [1.165, 1.54) is 4.90 Å². The number of aryl methyl sites for hydroxylation is 1. The Morgan fingerprint density at radius 3 is 2.74 bits per heavy atom. The molecule has 102 valence electrons. The second kappa shape index (κ2) is 5.30. The molecule has 1 fully saturated rings. The Bertz CT molecular complexity index is 513. The van der Waals surface area contributed by atoms with Gasteiger partial charge in [-0.2, -0.15) is 0 Å². The number of hydrogen-bond acceptors (Lipinski definition) is 3. The molecule has 0 bridgehead atoms. The lowest BCUT2D eigenvalue weighted by Gasteiger charge is -2.33. The van der Waals surface area contributed by atoms with Gasteiger partial charge in [0, 0.05) is 17.8 Å². The second-order valence-electron chi connectivity index (χ2n) is 4.92. The number of carboxylic acid groups (broad SMARTS) is 1. The van der Waals surface area contributed by atoms with Gasteiger partial charge in [-0.05, 0) is 49.9 Å². The number of benzene rings is 1. The fourth-order valence-electron chi connectivity index (χ4n) is 2.41. The maximum absolute atomic E-state index is 12.4. The number of aliphatic carboxylic acids is 1. The monoisotopic (exact) mass is 262 g/mol. The van der Waals surface area contributed by atoms with Gasteiger partial charge in [0.15, 0.2) is 0 Å². The number of nitrogen functional groups attached to an aromatic ring is 1. The third kappa shape index (κ3) is 2.70. The molecule has 1 aliphatic rings. The van der Waals surface area contributed by atoms with E-state index in [-0.39, 0.29) is 5.91 Å². The van der Waals surface area contributed by atoms with Crippen molar-refractivity contribution < 1.29 is 14.7 Å². The zero-order valence-corrected chi connectivity index (χ0v) is 10.9. The van der Waals surface area contributed by atoms with E-state index in [0.717, 1.165) is 18.4 Å². The summed E-state index contributed by atoms with van der Waals surface area (Å²) >= 11 is 0. The number of carbonyl (C=O) groups excluding carboxylic acids is 1. The van der Waals surface area contributed by atoms with Crippen LogP contribution in [0.25, 0.3) is 0 Å². The number of hydrogen-bond donors (Lipinski definition) is 2. The number of carboxylic acids is 1. The molecule has 1 heterocycles. The zero-order chi connectivity index (χ0) is 14.0. The van der Waals surface area contributed by atoms with Gasteiger partial charge in [-0.3, -0.25) is 4.79 Å². The Morgan fingerprint density at radius 2 is 2.11 bits per heavy atom. The Morgan fingerprint density at radius 1 is 1.37 bits per heavy atom. The fraction of sp³-hybridized carbons (Fsp3) is 0.429. The predicted molar refractivity (Wildman–Crippen MR) is 71.9 cm³/mol. The maximum Gasteiger partial charge on any atom is 0.326 e. The van der Waals surface area contributed by atoms with Gasteiger partial charge in [0.25, 0.3) is 5.91 Å². The topological polar surface area (TPSA) is 83.6 Å². The molecule has 1 aliphatic heterocycles. The molecule has 19 heavy (non-hydrogen) atoms. The van der Waals surface area contributed by atoms with Crippen molar-refractivity contribution in [2.24, 2.45) is 0 Å².